The number of carbonyl (C=O) groups excluding carboxylic acids is 1. The molecule has 0 atom stereocenters. The first-order valence-electron chi connectivity index (χ1n) is 8.63. The highest BCUT2D eigenvalue weighted by Crippen LogP contribution is 2.27. The van der Waals surface area contributed by atoms with E-state index in [-0.39, 0.29) is 5.91 Å². The molecule has 1 aliphatic carbocycles. The minimum atomic E-state index is 0.151. The summed E-state index contributed by atoms with van der Waals surface area (Å²) in [5.41, 5.74) is 2.04. The molecule has 24 heavy (non-hydrogen) atoms. The lowest BCUT2D eigenvalue weighted by Crippen LogP contribution is -2.36. The summed E-state index contributed by atoms with van der Waals surface area (Å²) in [6.07, 6.45) is 7.24. The molecule has 0 saturated heterocycles. The van der Waals surface area contributed by atoms with Gasteiger partial charge in [0, 0.05) is 23.4 Å². The molecule has 1 amide bonds. The van der Waals surface area contributed by atoms with E-state index in [9.17, 15) is 4.79 Å². The van der Waals surface area contributed by atoms with Crippen LogP contribution in [0.4, 0.5) is 0 Å². The first-order valence-corrected chi connectivity index (χ1v) is 9.51. The number of aryl methyl sites for hydroxylation is 1. The molecule has 5 heteroatoms. The van der Waals surface area contributed by atoms with E-state index in [0.29, 0.717) is 18.9 Å². The first-order chi connectivity index (χ1) is 11.7. The molecule has 2 aromatic rings. The second kappa shape index (κ2) is 8.29. The second-order valence-electron chi connectivity index (χ2n) is 6.28. The van der Waals surface area contributed by atoms with Gasteiger partial charge >= 0.3 is 0 Å². The minimum absolute atomic E-state index is 0.151. The number of amides is 1. The molecule has 0 spiro atoms. The number of carbonyl (C=O) groups is 1. The Morgan fingerprint density at radius 1 is 1.33 bits per heavy atom. The maximum atomic E-state index is 12.1. The maximum Gasteiger partial charge on any atom is 0.220 e. The fraction of sp³-hybridized carbons (Fsp3) is 0.474. The van der Waals surface area contributed by atoms with Crippen molar-refractivity contribution in [2.24, 2.45) is 0 Å². The third-order valence-corrected chi connectivity index (χ3v) is 5.39. The van der Waals surface area contributed by atoms with Crippen molar-refractivity contribution < 1.29 is 9.53 Å². The van der Waals surface area contributed by atoms with E-state index in [2.05, 4.69) is 10.3 Å². The molecule has 1 aromatic heterocycles. The molecule has 0 aliphatic heterocycles. The summed E-state index contributed by atoms with van der Waals surface area (Å²) in [5.74, 6) is 0.981. The van der Waals surface area contributed by atoms with Crippen molar-refractivity contribution in [3.05, 3.63) is 35.3 Å². The number of aromatic nitrogens is 1. The van der Waals surface area contributed by atoms with Crippen LogP contribution in [0.5, 0.6) is 5.75 Å². The lowest BCUT2D eigenvalue weighted by molar-refractivity contribution is -0.122. The molecule has 1 saturated carbocycles. The van der Waals surface area contributed by atoms with E-state index in [4.69, 9.17) is 4.74 Å². The molecule has 1 N–H and O–H groups in total. The van der Waals surface area contributed by atoms with Crippen molar-refractivity contribution in [2.45, 2.75) is 51.0 Å². The topological polar surface area (TPSA) is 51.2 Å². The van der Waals surface area contributed by atoms with Crippen molar-refractivity contribution in [1.29, 1.82) is 0 Å². The second-order valence-corrected chi connectivity index (χ2v) is 7.14. The lowest BCUT2D eigenvalue weighted by Gasteiger charge is -2.22. The molecule has 4 nitrogen and oxygen atoms in total. The summed E-state index contributed by atoms with van der Waals surface area (Å²) in [6, 6.07) is 8.29. The normalized spacial score (nSPS) is 15.2. The predicted molar refractivity (Wildman–Crippen MR) is 97.4 cm³/mol. The van der Waals surface area contributed by atoms with Gasteiger partial charge in [-0.3, -0.25) is 4.79 Å². The van der Waals surface area contributed by atoms with Crippen LogP contribution in [0.25, 0.3) is 10.6 Å². The average Bonchev–Trinajstić information content (AvgIpc) is 3.10. The van der Waals surface area contributed by atoms with Gasteiger partial charge in [0.2, 0.25) is 5.91 Å². The van der Waals surface area contributed by atoms with Gasteiger partial charge in [0.05, 0.1) is 12.8 Å². The van der Waals surface area contributed by atoms with Crippen molar-refractivity contribution in [1.82, 2.24) is 10.3 Å². The van der Waals surface area contributed by atoms with E-state index in [1.54, 1.807) is 18.4 Å². The molecular weight excluding hydrogens is 320 g/mol. The number of rotatable bonds is 6. The minimum Gasteiger partial charge on any atom is -0.497 e. The van der Waals surface area contributed by atoms with Crippen molar-refractivity contribution >= 4 is 17.2 Å². The molecule has 1 heterocycles. The molecule has 1 fully saturated rings. The van der Waals surface area contributed by atoms with Gasteiger partial charge in [-0.25, -0.2) is 4.98 Å². The Morgan fingerprint density at radius 2 is 2.17 bits per heavy atom. The summed E-state index contributed by atoms with van der Waals surface area (Å²) < 4.78 is 5.26. The highest BCUT2D eigenvalue weighted by atomic mass is 32.1. The van der Waals surface area contributed by atoms with Gasteiger partial charge < -0.3 is 10.1 Å². The van der Waals surface area contributed by atoms with Crippen LogP contribution in [0, 0.1) is 0 Å². The highest BCUT2D eigenvalue weighted by Gasteiger charge is 2.16. The Labute approximate surface area is 147 Å². The summed E-state index contributed by atoms with van der Waals surface area (Å²) in [7, 11) is 1.66. The van der Waals surface area contributed by atoms with Gasteiger partial charge in [-0.1, -0.05) is 31.4 Å². The Hall–Kier alpha value is -1.88. The number of thiazole rings is 1. The van der Waals surface area contributed by atoms with Crippen LogP contribution in [-0.2, 0) is 11.2 Å². The SMILES string of the molecule is COc1cccc(-c2nc(CCC(=O)NC3CCCCC3)cs2)c1. The van der Waals surface area contributed by atoms with Crippen LogP contribution in [0.15, 0.2) is 29.6 Å². The van der Waals surface area contributed by atoms with Crippen LogP contribution in [0.1, 0.15) is 44.2 Å². The largest absolute Gasteiger partial charge is 0.497 e. The molecule has 0 bridgehead atoms. The monoisotopic (exact) mass is 344 g/mol. The number of nitrogens with zero attached hydrogens (tertiary/aromatic N) is 1. The Morgan fingerprint density at radius 3 is 2.96 bits per heavy atom. The van der Waals surface area contributed by atoms with Crippen LogP contribution in [-0.4, -0.2) is 24.0 Å². The van der Waals surface area contributed by atoms with E-state index in [1.807, 2.05) is 29.6 Å². The average molecular weight is 344 g/mol. The van der Waals surface area contributed by atoms with Crippen LogP contribution in [0.3, 0.4) is 0 Å². The van der Waals surface area contributed by atoms with E-state index >= 15 is 0 Å². The predicted octanol–water partition coefficient (Wildman–Crippen LogP) is 4.20. The van der Waals surface area contributed by atoms with Crippen LogP contribution >= 0.6 is 11.3 Å². The number of nitrogens with one attached hydrogen (secondary N) is 1. The van der Waals surface area contributed by atoms with Crippen LogP contribution in [0.2, 0.25) is 0 Å². The third kappa shape index (κ3) is 4.57. The molecule has 128 valence electrons. The molecule has 1 aliphatic rings. The third-order valence-electron chi connectivity index (χ3n) is 4.45. The molecular formula is C19H24N2O2S. The zero-order chi connectivity index (χ0) is 16.8. The van der Waals surface area contributed by atoms with Gasteiger partial charge in [-0.05, 0) is 31.4 Å². The van der Waals surface area contributed by atoms with E-state index in [0.717, 1.165) is 34.9 Å². The molecule has 0 radical (unpaired) electrons. The zero-order valence-electron chi connectivity index (χ0n) is 14.1. The van der Waals surface area contributed by atoms with Gasteiger partial charge in [0.1, 0.15) is 10.8 Å². The quantitative estimate of drug-likeness (QED) is 0.854. The number of ether oxygens (including phenoxy) is 1. The van der Waals surface area contributed by atoms with Gasteiger partial charge in [-0.15, -0.1) is 11.3 Å². The summed E-state index contributed by atoms with van der Waals surface area (Å²) >= 11 is 1.61. The summed E-state index contributed by atoms with van der Waals surface area (Å²) in [4.78, 5) is 16.8. The van der Waals surface area contributed by atoms with E-state index in [1.165, 1.54) is 19.3 Å². The summed E-state index contributed by atoms with van der Waals surface area (Å²) in [5, 5.41) is 6.18. The van der Waals surface area contributed by atoms with Crippen LogP contribution < -0.4 is 10.1 Å². The van der Waals surface area contributed by atoms with Crippen molar-refractivity contribution in [3.63, 3.8) is 0 Å². The first kappa shape index (κ1) is 17.0. The Bertz CT molecular complexity index is 678. The molecule has 0 unspecified atom stereocenters. The summed E-state index contributed by atoms with van der Waals surface area (Å²) in [6.45, 7) is 0. The van der Waals surface area contributed by atoms with Crippen molar-refractivity contribution in [3.8, 4) is 16.3 Å². The Balaban J connectivity index is 1.53. The van der Waals surface area contributed by atoms with Crippen molar-refractivity contribution in [2.75, 3.05) is 7.11 Å². The van der Waals surface area contributed by atoms with Gasteiger partial charge in [0.15, 0.2) is 0 Å². The van der Waals surface area contributed by atoms with E-state index < -0.39 is 0 Å². The number of methoxy groups -OCH3 is 1. The molecule has 1 aromatic carbocycles. The number of hydrogen-bond acceptors (Lipinski definition) is 4. The Kier molecular flexibility index (Phi) is 5.86. The fourth-order valence-electron chi connectivity index (χ4n) is 3.10. The number of benzene rings is 1. The number of hydrogen-bond donors (Lipinski definition) is 1. The maximum absolute atomic E-state index is 12.1. The fourth-order valence-corrected chi connectivity index (χ4v) is 3.95. The zero-order valence-corrected chi connectivity index (χ0v) is 14.9. The van der Waals surface area contributed by atoms with Gasteiger partial charge in [-0.2, -0.15) is 0 Å². The molecule has 3 rings (SSSR count). The smallest absolute Gasteiger partial charge is 0.220 e. The van der Waals surface area contributed by atoms with Gasteiger partial charge in [0.25, 0.3) is 0 Å². The lowest BCUT2D eigenvalue weighted by atomic mass is 9.95. The standard InChI is InChI=1S/C19H24N2O2S/c1-23-17-9-5-6-14(12-17)19-21-16(13-24-19)10-11-18(22)20-15-7-3-2-4-8-15/h5-6,9,12-13,15H,2-4,7-8,10-11H2,1H3,(H,20,22). The highest BCUT2D eigenvalue weighted by molar-refractivity contribution is 7.13.